The number of rotatable bonds is 7. The van der Waals surface area contributed by atoms with Gasteiger partial charge < -0.3 is 54.3 Å². The number of carbonyl (C=O) groups excluding carboxylic acids is 5. The van der Waals surface area contributed by atoms with E-state index >= 15 is 0 Å². The van der Waals surface area contributed by atoms with Gasteiger partial charge in [-0.3, -0.25) is 19.2 Å². The van der Waals surface area contributed by atoms with Gasteiger partial charge in [0.1, 0.15) is 30.1 Å². The van der Waals surface area contributed by atoms with Gasteiger partial charge in [-0.25, -0.2) is 4.79 Å². The van der Waals surface area contributed by atoms with Gasteiger partial charge in [0, 0.05) is 76.1 Å². The number of nitrogens with one attached hydrogen (secondary N) is 1. The zero-order valence-corrected chi connectivity index (χ0v) is 44.1. The average Bonchev–Trinajstić information content (AvgIpc) is 3.36. The van der Waals surface area contributed by atoms with Gasteiger partial charge in [-0.05, 0) is 126 Å². The number of para-hydroxylation sites is 1. The lowest BCUT2D eigenvalue weighted by Crippen LogP contribution is -2.65. The lowest BCUT2D eigenvalue weighted by molar-refractivity contribution is -0.266. The van der Waals surface area contributed by atoms with Crippen LogP contribution in [0.3, 0.4) is 0 Å². The molecule has 72 heavy (non-hydrogen) atoms. The quantitative estimate of drug-likeness (QED) is 0.122. The first-order valence-corrected chi connectivity index (χ1v) is 26.5. The standard InChI is InChI=1S/C56H84N2O14/c1-31-24-34(4)50(62)52(70-9)51(63)35(5)25-32(2)45(61)30-47-42(27-37-18-22-44(60)48(28-37)69-8)41-16-13-23-58(49(41)55(66)71-47)54(65)53(64)56(67)36(6)17-20-40(72-56)29-46(68-7)33(3)26-39(59)19-21-43(31)57-38-14-11-10-12-15-38/h10-12,14-15,25-26,31-32,34,36-37,39-44,46-49,51-52,57,59-60,63,67H,13,16-24,27-30H2,1-9H3/b33-26+,35-25+/t31-,32+,34+,36+,37-,39+,40-,41?,42-,43-,44+,46-,47-,48+,49-,51+,52-,56+/m0/s1. The molecule has 4 fully saturated rings. The summed E-state index contributed by atoms with van der Waals surface area (Å²) in [5.74, 6) is -8.98. The van der Waals surface area contributed by atoms with E-state index in [1.807, 2.05) is 44.2 Å². The number of aliphatic hydroxyl groups is 4. The summed E-state index contributed by atoms with van der Waals surface area (Å²) < 4.78 is 29.7. The average molecular weight is 1010 g/mol. The van der Waals surface area contributed by atoms with Gasteiger partial charge in [0.05, 0.1) is 30.5 Å². The van der Waals surface area contributed by atoms with E-state index in [1.54, 1.807) is 40.0 Å². The first-order chi connectivity index (χ1) is 34.2. The summed E-state index contributed by atoms with van der Waals surface area (Å²) in [6.45, 7) is 10.8. The summed E-state index contributed by atoms with van der Waals surface area (Å²) in [6, 6.07) is 8.39. The second kappa shape index (κ2) is 25.6. The third kappa shape index (κ3) is 13.5. The molecule has 16 nitrogen and oxygen atoms in total. The summed E-state index contributed by atoms with van der Waals surface area (Å²) >= 11 is 0. The van der Waals surface area contributed by atoms with Crippen LogP contribution >= 0.6 is 0 Å². The molecular formula is C56H84N2O14. The molecule has 5 aliphatic heterocycles. The minimum absolute atomic E-state index is 0.0333. The van der Waals surface area contributed by atoms with Crippen molar-refractivity contribution in [2.24, 2.45) is 41.4 Å². The highest BCUT2D eigenvalue weighted by Gasteiger charge is 2.57. The molecule has 6 aliphatic rings. The molecule has 5 heterocycles. The smallest absolute Gasteiger partial charge is 0.329 e. The fourth-order valence-electron chi connectivity index (χ4n) is 12.5. The van der Waals surface area contributed by atoms with Crippen LogP contribution in [0.25, 0.3) is 0 Å². The molecule has 1 aromatic carbocycles. The number of hydrogen-bond acceptors (Lipinski definition) is 15. The molecule has 0 aromatic heterocycles. The number of anilines is 1. The zero-order chi connectivity index (χ0) is 52.6. The summed E-state index contributed by atoms with van der Waals surface area (Å²) in [5, 5.41) is 49.6. The summed E-state index contributed by atoms with van der Waals surface area (Å²) in [5.41, 5.74) is 1.98. The Hall–Kier alpha value is -3.87. The van der Waals surface area contributed by atoms with E-state index in [4.69, 9.17) is 23.7 Å². The fourth-order valence-corrected chi connectivity index (χ4v) is 12.5. The molecule has 18 atom stereocenters. The van der Waals surface area contributed by atoms with Gasteiger partial charge in [0.15, 0.2) is 5.78 Å². The molecule has 1 aromatic rings. The third-order valence-electron chi connectivity index (χ3n) is 16.9. The molecule has 402 valence electrons. The van der Waals surface area contributed by atoms with Crippen molar-refractivity contribution in [1.82, 2.24) is 4.90 Å². The van der Waals surface area contributed by atoms with Crippen LogP contribution in [0.5, 0.6) is 0 Å². The summed E-state index contributed by atoms with van der Waals surface area (Å²) in [7, 11) is 4.48. The molecular weight excluding hydrogens is 925 g/mol. The Morgan fingerprint density at radius 1 is 0.806 bits per heavy atom. The molecule has 0 radical (unpaired) electrons. The third-order valence-corrected chi connectivity index (χ3v) is 16.9. The van der Waals surface area contributed by atoms with Crippen LogP contribution in [0.4, 0.5) is 5.69 Å². The highest BCUT2D eigenvalue weighted by atomic mass is 16.6. The summed E-state index contributed by atoms with van der Waals surface area (Å²) in [4.78, 5) is 73.1. The van der Waals surface area contributed by atoms with Crippen LogP contribution in [0.1, 0.15) is 125 Å². The number of ether oxygens (including phenoxy) is 5. The Labute approximate surface area is 426 Å². The normalized spacial score (nSPS) is 41.2. The number of Topliss-reactive ketones (excluding diaryl/α,β-unsaturated/α-hetero) is 3. The minimum Gasteiger partial charge on any atom is -0.460 e. The Kier molecular flexibility index (Phi) is 20.4. The van der Waals surface area contributed by atoms with Crippen molar-refractivity contribution < 1.29 is 68.1 Å². The molecule has 5 N–H and O–H groups in total. The maximum atomic E-state index is 14.6. The van der Waals surface area contributed by atoms with Gasteiger partial charge >= 0.3 is 5.97 Å². The highest BCUT2D eigenvalue weighted by molar-refractivity contribution is 6.39. The number of amides is 1. The van der Waals surface area contributed by atoms with Crippen molar-refractivity contribution in [3.05, 3.63) is 53.6 Å². The molecule has 1 saturated carbocycles. The zero-order valence-electron chi connectivity index (χ0n) is 44.1. The number of esters is 1. The topological polar surface area (TPSA) is 228 Å². The minimum atomic E-state index is -2.49. The first-order valence-electron chi connectivity index (χ1n) is 26.5. The van der Waals surface area contributed by atoms with Gasteiger partial charge in [0.2, 0.25) is 5.79 Å². The number of piperidine rings is 1. The molecule has 16 heteroatoms. The van der Waals surface area contributed by atoms with E-state index in [1.165, 1.54) is 19.1 Å². The van der Waals surface area contributed by atoms with Crippen molar-refractivity contribution in [3.63, 3.8) is 0 Å². The first kappa shape index (κ1) is 57.4. The molecule has 0 spiro atoms. The van der Waals surface area contributed by atoms with Crippen LogP contribution in [-0.2, 0) is 47.7 Å². The van der Waals surface area contributed by atoms with Gasteiger partial charge in [-0.2, -0.15) is 0 Å². The van der Waals surface area contributed by atoms with E-state index in [0.717, 1.165) is 11.3 Å². The van der Waals surface area contributed by atoms with Crippen molar-refractivity contribution in [3.8, 4) is 0 Å². The number of allylic oxidation sites excluding steroid dienone is 1. The van der Waals surface area contributed by atoms with Crippen LogP contribution in [0.15, 0.2) is 53.6 Å². The lowest BCUT2D eigenvalue weighted by atomic mass is 9.68. The number of aliphatic hydroxyl groups excluding tert-OH is 3. The second-order valence-electron chi connectivity index (χ2n) is 22.0. The molecule has 1 amide bonds. The van der Waals surface area contributed by atoms with E-state index < -0.39 is 108 Å². The molecule has 1 aliphatic carbocycles. The number of fused-ring (bicyclic) bond motifs is 18. The van der Waals surface area contributed by atoms with Crippen molar-refractivity contribution in [1.29, 1.82) is 0 Å². The van der Waals surface area contributed by atoms with Gasteiger partial charge in [-0.15, -0.1) is 0 Å². The number of ketones is 3. The molecule has 6 bridgehead atoms. The number of benzene rings is 1. The van der Waals surface area contributed by atoms with Crippen LogP contribution < -0.4 is 5.32 Å². The van der Waals surface area contributed by atoms with Crippen molar-refractivity contribution in [2.45, 2.75) is 192 Å². The van der Waals surface area contributed by atoms with Crippen LogP contribution in [0, 0.1) is 41.4 Å². The second-order valence-corrected chi connectivity index (χ2v) is 22.0. The van der Waals surface area contributed by atoms with E-state index in [9.17, 15) is 44.4 Å². The Balaban J connectivity index is 1.34. The van der Waals surface area contributed by atoms with E-state index in [-0.39, 0.29) is 48.8 Å². The summed E-state index contributed by atoms with van der Waals surface area (Å²) in [6.07, 6.45) is 2.18. The van der Waals surface area contributed by atoms with Crippen LogP contribution in [0.2, 0.25) is 0 Å². The predicted molar refractivity (Wildman–Crippen MR) is 269 cm³/mol. The fraction of sp³-hybridized carbons (Fsp3) is 0.732. The van der Waals surface area contributed by atoms with Crippen molar-refractivity contribution >= 4 is 34.9 Å². The Bertz CT molecular complexity index is 2080. The SMILES string of the molecule is CO[C@H]1C[C@@H]2CC[C@@H](C)[C@@](O)(O2)C(=O)C(=O)N2CCCC3[C@H]2C(=O)O[C@@H](CC(=O)[C@H](C)/C=C(\C)[C@@H](O)[C@@H](OC)C(=O)[C@H](C)C[C@H](C)[C@@H](Nc2ccccc2)CC[C@@H](O)/C=C/1C)[C@H]3C[C@@H]1CC[C@@H](O)[C@H](OC)C1. The monoisotopic (exact) mass is 1010 g/mol. The number of methoxy groups -OCH3 is 3. The molecule has 1 unspecified atom stereocenters. The molecule has 3 saturated heterocycles. The van der Waals surface area contributed by atoms with Crippen LogP contribution in [-0.4, -0.2) is 149 Å². The Morgan fingerprint density at radius 3 is 2.21 bits per heavy atom. The highest BCUT2D eigenvalue weighted by Crippen LogP contribution is 2.45. The van der Waals surface area contributed by atoms with Crippen molar-refractivity contribution in [2.75, 3.05) is 33.2 Å². The Morgan fingerprint density at radius 2 is 1.53 bits per heavy atom. The number of nitrogens with zero attached hydrogens (tertiary/aromatic N) is 1. The van der Waals surface area contributed by atoms with E-state index in [2.05, 4.69) is 12.2 Å². The maximum absolute atomic E-state index is 14.6. The lowest BCUT2D eigenvalue weighted by Gasteiger charge is -2.50. The maximum Gasteiger partial charge on any atom is 0.329 e. The molecule has 7 rings (SSSR count). The predicted octanol–water partition coefficient (Wildman–Crippen LogP) is 5.91. The van der Waals surface area contributed by atoms with Gasteiger partial charge in [-0.1, -0.05) is 58.0 Å². The number of hydrogen-bond donors (Lipinski definition) is 5. The largest absolute Gasteiger partial charge is 0.460 e. The van der Waals surface area contributed by atoms with E-state index in [0.29, 0.717) is 76.2 Å². The van der Waals surface area contributed by atoms with Gasteiger partial charge in [0.25, 0.3) is 11.7 Å². The number of carbonyl (C=O) groups is 5.